The van der Waals surface area contributed by atoms with Crippen LogP contribution in [0.1, 0.15) is 29.6 Å². The minimum Gasteiger partial charge on any atom is -0.384 e. The SMILES string of the molecule is COCc1cc(N)nc(C2CCCS2)n1. The lowest BCUT2D eigenvalue weighted by Gasteiger charge is -2.09. The zero-order valence-electron chi connectivity index (χ0n) is 8.77. The van der Waals surface area contributed by atoms with E-state index in [0.29, 0.717) is 17.7 Å². The van der Waals surface area contributed by atoms with Crippen LogP contribution in [-0.4, -0.2) is 22.8 Å². The molecule has 0 aromatic carbocycles. The van der Waals surface area contributed by atoms with E-state index in [1.54, 1.807) is 13.2 Å². The van der Waals surface area contributed by atoms with Crippen LogP contribution in [0.4, 0.5) is 5.82 Å². The topological polar surface area (TPSA) is 61.0 Å². The van der Waals surface area contributed by atoms with Crippen LogP contribution in [0.15, 0.2) is 6.07 Å². The summed E-state index contributed by atoms with van der Waals surface area (Å²) in [7, 11) is 1.66. The minimum atomic E-state index is 0.420. The van der Waals surface area contributed by atoms with Crippen molar-refractivity contribution in [2.45, 2.75) is 24.7 Å². The molecule has 1 fully saturated rings. The van der Waals surface area contributed by atoms with E-state index in [0.717, 1.165) is 17.9 Å². The molecular weight excluding hydrogens is 210 g/mol. The third-order valence-corrected chi connectivity index (χ3v) is 3.70. The number of thioether (sulfide) groups is 1. The highest BCUT2D eigenvalue weighted by atomic mass is 32.2. The van der Waals surface area contributed by atoms with Crippen LogP contribution in [0.25, 0.3) is 0 Å². The zero-order valence-corrected chi connectivity index (χ0v) is 9.59. The maximum atomic E-state index is 5.74. The Labute approximate surface area is 93.6 Å². The highest BCUT2D eigenvalue weighted by Gasteiger charge is 2.21. The molecule has 1 aromatic heterocycles. The molecule has 0 bridgehead atoms. The van der Waals surface area contributed by atoms with Gasteiger partial charge < -0.3 is 10.5 Å². The predicted molar refractivity (Wildman–Crippen MR) is 61.6 cm³/mol. The van der Waals surface area contributed by atoms with E-state index in [-0.39, 0.29) is 0 Å². The fourth-order valence-corrected chi connectivity index (χ4v) is 2.89. The second kappa shape index (κ2) is 4.81. The van der Waals surface area contributed by atoms with E-state index < -0.39 is 0 Å². The average Bonchev–Trinajstić information content (AvgIpc) is 2.70. The first-order valence-electron chi connectivity index (χ1n) is 5.03. The molecule has 1 unspecified atom stereocenters. The molecule has 1 saturated heterocycles. The average molecular weight is 225 g/mol. The molecule has 5 heteroatoms. The van der Waals surface area contributed by atoms with Gasteiger partial charge >= 0.3 is 0 Å². The molecular formula is C10H15N3OS. The fraction of sp³-hybridized carbons (Fsp3) is 0.600. The summed E-state index contributed by atoms with van der Waals surface area (Å²) in [5.74, 6) is 2.60. The monoisotopic (exact) mass is 225 g/mol. The molecule has 0 saturated carbocycles. The van der Waals surface area contributed by atoms with Crippen molar-refractivity contribution in [1.82, 2.24) is 9.97 Å². The Morgan fingerprint density at radius 2 is 2.47 bits per heavy atom. The van der Waals surface area contributed by atoms with Crippen molar-refractivity contribution >= 4 is 17.6 Å². The summed E-state index contributed by atoms with van der Waals surface area (Å²) in [5, 5.41) is 0.420. The normalized spacial score (nSPS) is 20.7. The van der Waals surface area contributed by atoms with Gasteiger partial charge in [-0.15, -0.1) is 0 Å². The standard InChI is InChI=1S/C10H15N3OS/c1-14-6-7-5-9(11)13-10(12-7)8-3-2-4-15-8/h5,8H,2-4,6H2,1H3,(H2,11,12,13). The third-order valence-electron chi connectivity index (χ3n) is 2.33. The zero-order chi connectivity index (χ0) is 10.7. The van der Waals surface area contributed by atoms with Crippen LogP contribution in [0.2, 0.25) is 0 Å². The highest BCUT2D eigenvalue weighted by molar-refractivity contribution is 7.99. The Kier molecular flexibility index (Phi) is 3.43. The number of hydrogen-bond acceptors (Lipinski definition) is 5. The molecule has 0 aliphatic carbocycles. The molecule has 1 aromatic rings. The molecule has 2 heterocycles. The largest absolute Gasteiger partial charge is 0.384 e. The Morgan fingerprint density at radius 1 is 1.60 bits per heavy atom. The molecule has 2 rings (SSSR count). The second-order valence-corrected chi connectivity index (χ2v) is 4.89. The number of nitrogen functional groups attached to an aromatic ring is 1. The van der Waals surface area contributed by atoms with Crippen molar-refractivity contribution < 1.29 is 4.74 Å². The first-order chi connectivity index (χ1) is 7.29. The van der Waals surface area contributed by atoms with Gasteiger partial charge in [-0.3, -0.25) is 0 Å². The maximum absolute atomic E-state index is 5.74. The Morgan fingerprint density at radius 3 is 3.13 bits per heavy atom. The van der Waals surface area contributed by atoms with Gasteiger partial charge in [0.25, 0.3) is 0 Å². The summed E-state index contributed by atoms with van der Waals surface area (Å²) in [5.41, 5.74) is 6.61. The molecule has 0 radical (unpaired) electrons. The molecule has 1 atom stereocenters. The van der Waals surface area contributed by atoms with E-state index in [1.165, 1.54) is 12.2 Å². The summed E-state index contributed by atoms with van der Waals surface area (Å²) in [6, 6.07) is 1.77. The third kappa shape index (κ3) is 2.60. The second-order valence-electron chi connectivity index (χ2n) is 3.58. The molecule has 1 aliphatic rings. The van der Waals surface area contributed by atoms with Gasteiger partial charge in [-0.1, -0.05) is 0 Å². The molecule has 4 nitrogen and oxygen atoms in total. The van der Waals surface area contributed by atoms with E-state index >= 15 is 0 Å². The molecule has 2 N–H and O–H groups in total. The Balaban J connectivity index is 2.22. The lowest BCUT2D eigenvalue weighted by molar-refractivity contribution is 0.181. The van der Waals surface area contributed by atoms with E-state index in [2.05, 4.69) is 9.97 Å². The number of anilines is 1. The van der Waals surface area contributed by atoms with E-state index in [9.17, 15) is 0 Å². The van der Waals surface area contributed by atoms with Crippen LogP contribution in [0, 0.1) is 0 Å². The number of hydrogen-bond donors (Lipinski definition) is 1. The lowest BCUT2D eigenvalue weighted by Crippen LogP contribution is -2.05. The van der Waals surface area contributed by atoms with Gasteiger partial charge in [0.1, 0.15) is 11.6 Å². The molecule has 0 spiro atoms. The van der Waals surface area contributed by atoms with Crippen LogP contribution in [0.5, 0.6) is 0 Å². The summed E-state index contributed by atoms with van der Waals surface area (Å²) < 4.78 is 5.05. The summed E-state index contributed by atoms with van der Waals surface area (Å²) >= 11 is 1.91. The van der Waals surface area contributed by atoms with E-state index in [4.69, 9.17) is 10.5 Å². The molecule has 15 heavy (non-hydrogen) atoms. The van der Waals surface area contributed by atoms with Gasteiger partial charge in [-0.2, -0.15) is 11.8 Å². The first-order valence-corrected chi connectivity index (χ1v) is 6.08. The van der Waals surface area contributed by atoms with Crippen molar-refractivity contribution in [2.24, 2.45) is 0 Å². The molecule has 1 aliphatic heterocycles. The van der Waals surface area contributed by atoms with Crippen molar-refractivity contribution in [3.8, 4) is 0 Å². The van der Waals surface area contributed by atoms with Crippen LogP contribution in [-0.2, 0) is 11.3 Å². The lowest BCUT2D eigenvalue weighted by atomic mass is 10.2. The highest BCUT2D eigenvalue weighted by Crippen LogP contribution is 2.38. The maximum Gasteiger partial charge on any atom is 0.144 e. The Hall–Kier alpha value is -0.810. The Bertz CT molecular complexity index is 339. The number of aromatic nitrogens is 2. The first kappa shape index (κ1) is 10.7. The number of methoxy groups -OCH3 is 1. The summed E-state index contributed by atoms with van der Waals surface area (Å²) in [4.78, 5) is 8.76. The number of nitrogens with two attached hydrogens (primary N) is 1. The smallest absolute Gasteiger partial charge is 0.144 e. The van der Waals surface area contributed by atoms with Crippen molar-refractivity contribution in [3.63, 3.8) is 0 Å². The number of nitrogens with zero attached hydrogens (tertiary/aromatic N) is 2. The van der Waals surface area contributed by atoms with Gasteiger partial charge in [0.05, 0.1) is 17.6 Å². The van der Waals surface area contributed by atoms with Gasteiger partial charge in [0.15, 0.2) is 0 Å². The fourth-order valence-electron chi connectivity index (χ4n) is 1.69. The van der Waals surface area contributed by atoms with Gasteiger partial charge in [-0.05, 0) is 18.6 Å². The predicted octanol–water partition coefficient (Wildman–Crippen LogP) is 1.77. The van der Waals surface area contributed by atoms with Crippen molar-refractivity contribution in [2.75, 3.05) is 18.6 Å². The summed E-state index contributed by atoms with van der Waals surface area (Å²) in [6.07, 6.45) is 2.40. The quantitative estimate of drug-likeness (QED) is 0.849. The number of rotatable bonds is 3. The number of ether oxygens (including phenoxy) is 1. The molecule has 82 valence electrons. The van der Waals surface area contributed by atoms with Gasteiger partial charge in [-0.25, -0.2) is 9.97 Å². The van der Waals surface area contributed by atoms with Crippen molar-refractivity contribution in [1.29, 1.82) is 0 Å². The summed E-state index contributed by atoms with van der Waals surface area (Å²) in [6.45, 7) is 0.497. The van der Waals surface area contributed by atoms with Gasteiger partial charge in [0, 0.05) is 13.2 Å². The van der Waals surface area contributed by atoms with E-state index in [1.807, 2.05) is 11.8 Å². The minimum absolute atomic E-state index is 0.420. The van der Waals surface area contributed by atoms with Crippen LogP contribution < -0.4 is 5.73 Å². The van der Waals surface area contributed by atoms with Crippen molar-refractivity contribution in [3.05, 3.63) is 17.6 Å². The molecule has 0 amide bonds. The van der Waals surface area contributed by atoms with Crippen LogP contribution >= 0.6 is 11.8 Å². The van der Waals surface area contributed by atoms with Gasteiger partial charge in [0.2, 0.25) is 0 Å². The van der Waals surface area contributed by atoms with Crippen LogP contribution in [0.3, 0.4) is 0 Å².